The highest BCUT2D eigenvalue weighted by atomic mass is 16.1. The van der Waals surface area contributed by atoms with Gasteiger partial charge in [0.1, 0.15) is 0 Å². The van der Waals surface area contributed by atoms with Crippen molar-refractivity contribution in [2.24, 2.45) is 5.92 Å². The van der Waals surface area contributed by atoms with E-state index in [0.717, 1.165) is 30.3 Å². The predicted octanol–water partition coefficient (Wildman–Crippen LogP) is 1.62. The molecule has 0 radical (unpaired) electrons. The maximum Gasteiger partial charge on any atom is 0.228 e. The van der Waals surface area contributed by atoms with Gasteiger partial charge in [0.25, 0.3) is 0 Å². The molecule has 0 bridgehead atoms. The Morgan fingerprint density at radius 3 is 3.11 bits per heavy atom. The quantitative estimate of drug-likeness (QED) is 0.863. The van der Waals surface area contributed by atoms with Crippen molar-refractivity contribution in [1.29, 1.82) is 0 Å². The molecule has 1 saturated heterocycles. The number of carbonyl (C=O) groups excluding carboxylic acids is 1. The summed E-state index contributed by atoms with van der Waals surface area (Å²) in [6.07, 6.45) is 3.05. The number of amides is 1. The minimum absolute atomic E-state index is 0.104. The van der Waals surface area contributed by atoms with E-state index in [4.69, 9.17) is 0 Å². The van der Waals surface area contributed by atoms with Gasteiger partial charge in [-0.1, -0.05) is 0 Å². The van der Waals surface area contributed by atoms with Crippen LogP contribution in [-0.2, 0) is 11.2 Å². The number of rotatable bonds is 4. The van der Waals surface area contributed by atoms with Crippen molar-refractivity contribution < 1.29 is 4.79 Å². The molecule has 1 atom stereocenters. The van der Waals surface area contributed by atoms with Crippen LogP contribution >= 0.6 is 0 Å². The molecular formula is C15H21N3O. The number of fused-ring (bicyclic) bond motifs is 1. The second-order valence-corrected chi connectivity index (χ2v) is 5.64. The number of carbonyl (C=O) groups is 1. The first kappa shape index (κ1) is 12.5. The van der Waals surface area contributed by atoms with E-state index in [0.29, 0.717) is 6.42 Å². The molecule has 1 unspecified atom stereocenters. The van der Waals surface area contributed by atoms with Crippen molar-refractivity contribution in [2.45, 2.75) is 19.3 Å². The molecule has 1 amide bonds. The Kier molecular flexibility index (Phi) is 3.42. The van der Waals surface area contributed by atoms with Crippen molar-refractivity contribution in [3.05, 3.63) is 23.8 Å². The summed E-state index contributed by atoms with van der Waals surface area (Å²) >= 11 is 0. The van der Waals surface area contributed by atoms with Gasteiger partial charge in [0.05, 0.1) is 6.42 Å². The summed E-state index contributed by atoms with van der Waals surface area (Å²) in [7, 11) is 2.13. The fourth-order valence-electron chi connectivity index (χ4n) is 2.92. The average molecular weight is 259 g/mol. The maximum atomic E-state index is 11.3. The number of hydrogen-bond donors (Lipinski definition) is 2. The first-order valence-electron chi connectivity index (χ1n) is 7.07. The zero-order chi connectivity index (χ0) is 13.2. The Bertz CT molecular complexity index is 480. The van der Waals surface area contributed by atoms with Crippen molar-refractivity contribution in [3.8, 4) is 0 Å². The van der Waals surface area contributed by atoms with Crippen LogP contribution in [0.3, 0.4) is 0 Å². The van der Waals surface area contributed by atoms with Gasteiger partial charge in [0.15, 0.2) is 0 Å². The van der Waals surface area contributed by atoms with Crippen LogP contribution in [0.25, 0.3) is 0 Å². The Labute approximate surface area is 114 Å². The van der Waals surface area contributed by atoms with Gasteiger partial charge >= 0.3 is 0 Å². The lowest BCUT2D eigenvalue weighted by Crippen LogP contribution is -2.22. The normalized spacial score (nSPS) is 21.3. The van der Waals surface area contributed by atoms with Gasteiger partial charge in [-0.05, 0) is 55.6 Å². The summed E-state index contributed by atoms with van der Waals surface area (Å²) in [5.74, 6) is 0.923. The van der Waals surface area contributed by atoms with Crippen molar-refractivity contribution in [2.75, 3.05) is 36.9 Å². The smallest absolute Gasteiger partial charge is 0.228 e. The largest absolute Gasteiger partial charge is 0.375 e. The summed E-state index contributed by atoms with van der Waals surface area (Å²) in [5.41, 5.74) is 3.31. The van der Waals surface area contributed by atoms with Gasteiger partial charge in [-0.15, -0.1) is 0 Å². The fraction of sp³-hybridized carbons (Fsp3) is 0.533. The molecule has 102 valence electrons. The van der Waals surface area contributed by atoms with Crippen LogP contribution < -0.4 is 15.5 Å². The van der Waals surface area contributed by atoms with Crippen LogP contribution in [0.4, 0.5) is 11.4 Å². The molecular weight excluding hydrogens is 238 g/mol. The van der Waals surface area contributed by atoms with Gasteiger partial charge in [-0.3, -0.25) is 4.79 Å². The van der Waals surface area contributed by atoms with Gasteiger partial charge in [-0.2, -0.15) is 0 Å². The van der Waals surface area contributed by atoms with E-state index in [1.165, 1.54) is 25.1 Å². The first-order chi connectivity index (χ1) is 9.22. The lowest BCUT2D eigenvalue weighted by atomic mass is 10.0. The third-order valence-electron chi connectivity index (χ3n) is 4.19. The molecule has 1 aromatic rings. The Balaban J connectivity index is 1.62. The minimum Gasteiger partial charge on any atom is -0.375 e. The molecule has 0 spiro atoms. The minimum atomic E-state index is 0.104. The van der Waals surface area contributed by atoms with Gasteiger partial charge < -0.3 is 15.5 Å². The lowest BCUT2D eigenvalue weighted by molar-refractivity contribution is -0.115. The molecule has 1 fully saturated rings. The number of hydrogen-bond acceptors (Lipinski definition) is 3. The fourth-order valence-corrected chi connectivity index (χ4v) is 2.92. The lowest BCUT2D eigenvalue weighted by Gasteiger charge is -2.21. The van der Waals surface area contributed by atoms with Crippen molar-refractivity contribution in [1.82, 2.24) is 5.32 Å². The molecule has 19 heavy (non-hydrogen) atoms. The van der Waals surface area contributed by atoms with Crippen LogP contribution in [0.1, 0.15) is 18.4 Å². The standard InChI is InChI=1S/C15H21N3O/c1-18(7-5-11-4-6-16-10-11)13-2-3-14-12(8-13)9-15(19)17-14/h2-3,8,11,16H,4-7,9-10H2,1H3,(H,17,19). The van der Waals surface area contributed by atoms with E-state index in [2.05, 4.69) is 34.7 Å². The highest BCUT2D eigenvalue weighted by molar-refractivity contribution is 5.99. The summed E-state index contributed by atoms with van der Waals surface area (Å²) in [4.78, 5) is 13.6. The SMILES string of the molecule is CN(CCC1CCNC1)c1ccc2c(c1)CC(=O)N2. The van der Waals surface area contributed by atoms with Crippen LogP contribution in [0.2, 0.25) is 0 Å². The zero-order valence-corrected chi connectivity index (χ0v) is 11.4. The average Bonchev–Trinajstić information content (AvgIpc) is 3.02. The van der Waals surface area contributed by atoms with Crippen molar-refractivity contribution in [3.63, 3.8) is 0 Å². The van der Waals surface area contributed by atoms with Crippen LogP contribution in [-0.4, -0.2) is 32.6 Å². The monoisotopic (exact) mass is 259 g/mol. The molecule has 2 aliphatic heterocycles. The number of nitrogens with one attached hydrogen (secondary N) is 2. The molecule has 2 aliphatic rings. The molecule has 2 N–H and O–H groups in total. The van der Waals surface area contributed by atoms with E-state index in [-0.39, 0.29) is 5.91 Å². The van der Waals surface area contributed by atoms with E-state index < -0.39 is 0 Å². The summed E-state index contributed by atoms with van der Waals surface area (Å²) < 4.78 is 0. The number of nitrogens with zero attached hydrogens (tertiary/aromatic N) is 1. The van der Waals surface area contributed by atoms with Gasteiger partial charge in [0, 0.05) is 25.0 Å². The molecule has 3 rings (SSSR count). The molecule has 0 aliphatic carbocycles. The predicted molar refractivity (Wildman–Crippen MR) is 77.6 cm³/mol. The second-order valence-electron chi connectivity index (χ2n) is 5.64. The van der Waals surface area contributed by atoms with E-state index >= 15 is 0 Å². The summed E-state index contributed by atoms with van der Waals surface area (Å²) in [6, 6.07) is 6.25. The molecule has 4 heteroatoms. The highest BCUT2D eigenvalue weighted by Gasteiger charge is 2.19. The Morgan fingerprint density at radius 2 is 2.32 bits per heavy atom. The van der Waals surface area contributed by atoms with Crippen LogP contribution in [0, 0.1) is 5.92 Å². The molecule has 4 nitrogen and oxygen atoms in total. The molecule has 1 aromatic carbocycles. The third kappa shape index (κ3) is 2.73. The van der Waals surface area contributed by atoms with E-state index in [9.17, 15) is 4.79 Å². The molecule has 0 saturated carbocycles. The Morgan fingerprint density at radius 1 is 1.42 bits per heavy atom. The van der Waals surface area contributed by atoms with E-state index in [1.54, 1.807) is 0 Å². The maximum absolute atomic E-state index is 11.3. The summed E-state index contributed by atoms with van der Waals surface area (Å²) in [6.45, 7) is 3.41. The Hall–Kier alpha value is -1.55. The highest BCUT2D eigenvalue weighted by Crippen LogP contribution is 2.27. The van der Waals surface area contributed by atoms with Crippen LogP contribution in [0.5, 0.6) is 0 Å². The van der Waals surface area contributed by atoms with Crippen LogP contribution in [0.15, 0.2) is 18.2 Å². The zero-order valence-electron chi connectivity index (χ0n) is 11.4. The van der Waals surface area contributed by atoms with E-state index in [1.807, 2.05) is 6.07 Å². The van der Waals surface area contributed by atoms with Crippen molar-refractivity contribution >= 4 is 17.3 Å². The second kappa shape index (κ2) is 5.21. The van der Waals surface area contributed by atoms with Gasteiger partial charge in [-0.25, -0.2) is 0 Å². The topological polar surface area (TPSA) is 44.4 Å². The van der Waals surface area contributed by atoms with Gasteiger partial charge in [0.2, 0.25) is 5.91 Å². The summed E-state index contributed by atoms with van der Waals surface area (Å²) in [5, 5.41) is 6.28. The first-order valence-corrected chi connectivity index (χ1v) is 7.07. The third-order valence-corrected chi connectivity index (χ3v) is 4.19. The molecule has 2 heterocycles. The number of benzene rings is 1. The number of anilines is 2. The molecule has 0 aromatic heterocycles.